The van der Waals surface area contributed by atoms with E-state index in [0.29, 0.717) is 33.9 Å². The van der Waals surface area contributed by atoms with Crippen LogP contribution in [0.1, 0.15) is 22.3 Å². The second-order valence-corrected chi connectivity index (χ2v) is 8.81. The van der Waals surface area contributed by atoms with Gasteiger partial charge in [-0.15, -0.1) is 0 Å². The summed E-state index contributed by atoms with van der Waals surface area (Å²) in [6.45, 7) is 2.44. The summed E-state index contributed by atoms with van der Waals surface area (Å²) in [5.74, 6) is 0.596. The first-order valence-corrected chi connectivity index (χ1v) is 11.6. The van der Waals surface area contributed by atoms with Crippen LogP contribution in [-0.4, -0.2) is 39.1 Å². The highest BCUT2D eigenvalue weighted by Crippen LogP contribution is 2.33. The van der Waals surface area contributed by atoms with E-state index in [-0.39, 0.29) is 11.4 Å². The molecule has 2 aromatic carbocycles. The summed E-state index contributed by atoms with van der Waals surface area (Å²) in [7, 11) is 1.56. The Kier molecular flexibility index (Phi) is 6.15. The Morgan fingerprint density at radius 1 is 1.09 bits per heavy atom. The quantitative estimate of drug-likeness (QED) is 0.513. The third kappa shape index (κ3) is 4.71. The van der Waals surface area contributed by atoms with Gasteiger partial charge in [0, 0.05) is 18.0 Å². The molecule has 5 rings (SSSR count). The lowest BCUT2D eigenvalue weighted by atomic mass is 10.1. The zero-order valence-electron chi connectivity index (χ0n) is 19.1. The number of hydrogen-bond acceptors (Lipinski definition) is 7. The molecule has 1 aromatic heterocycles. The molecule has 9 heteroatoms. The molecule has 1 N–H and O–H groups in total. The molecule has 0 saturated carbocycles. The molecule has 2 aliphatic heterocycles. The molecule has 0 aliphatic carbocycles. The summed E-state index contributed by atoms with van der Waals surface area (Å²) in [6.07, 6.45) is 4.95. The number of carbonyl (C=O) groups excluding carboxylic acids is 1. The molecule has 0 bridgehead atoms. The van der Waals surface area contributed by atoms with E-state index >= 15 is 0 Å². The van der Waals surface area contributed by atoms with Crippen molar-refractivity contribution in [2.24, 2.45) is 10.1 Å². The highest BCUT2D eigenvalue weighted by molar-refractivity contribution is 8.27. The number of thioether (sulfide) groups is 1. The van der Waals surface area contributed by atoms with Crippen LogP contribution in [0.25, 0.3) is 6.08 Å². The van der Waals surface area contributed by atoms with Crippen LogP contribution in [0.15, 0.2) is 82.7 Å². The number of hydrazone groups is 1. The summed E-state index contributed by atoms with van der Waals surface area (Å²) < 4.78 is 11.5. The van der Waals surface area contributed by atoms with Gasteiger partial charge < -0.3 is 9.47 Å². The lowest BCUT2D eigenvalue weighted by Gasteiger charge is -2.20. The van der Waals surface area contributed by atoms with Crippen molar-refractivity contribution in [1.29, 1.82) is 5.41 Å². The van der Waals surface area contributed by atoms with Crippen molar-refractivity contribution in [3.63, 3.8) is 0 Å². The summed E-state index contributed by atoms with van der Waals surface area (Å²) in [6, 6.07) is 17.1. The number of aliphatic imine (C=N–C) groups is 1. The molecule has 174 valence electrons. The number of aryl methyl sites for hydroxylation is 1. The minimum atomic E-state index is -0.487. The van der Waals surface area contributed by atoms with Crippen molar-refractivity contribution in [3.8, 4) is 11.5 Å². The number of amidine groups is 2. The van der Waals surface area contributed by atoms with Crippen LogP contribution in [0, 0.1) is 12.3 Å². The SMILES string of the molecule is COc1cc(C=C2C(=N)N3N=C(c4ccncc4)SC3=NC2=O)ccc1OCc1cccc(C)c1. The normalized spacial score (nSPS) is 16.2. The predicted molar refractivity (Wildman–Crippen MR) is 137 cm³/mol. The maximum atomic E-state index is 12.7. The number of pyridine rings is 1. The van der Waals surface area contributed by atoms with Crippen molar-refractivity contribution >= 4 is 39.8 Å². The van der Waals surface area contributed by atoms with Gasteiger partial charge in [0.1, 0.15) is 11.7 Å². The number of fused-ring (bicyclic) bond motifs is 1. The number of ether oxygens (including phenoxy) is 2. The average molecular weight is 484 g/mol. The van der Waals surface area contributed by atoms with Crippen molar-refractivity contribution in [2.45, 2.75) is 13.5 Å². The molecule has 0 spiro atoms. The number of benzene rings is 2. The molecule has 8 nitrogen and oxygen atoms in total. The number of carbonyl (C=O) groups is 1. The fourth-order valence-corrected chi connectivity index (χ4v) is 4.52. The number of rotatable bonds is 6. The van der Waals surface area contributed by atoms with E-state index in [0.717, 1.165) is 11.1 Å². The Morgan fingerprint density at radius 3 is 2.69 bits per heavy atom. The molecule has 0 atom stereocenters. The van der Waals surface area contributed by atoms with E-state index < -0.39 is 5.91 Å². The Balaban J connectivity index is 1.38. The summed E-state index contributed by atoms with van der Waals surface area (Å²) in [4.78, 5) is 20.9. The Labute approximate surface area is 206 Å². The number of aromatic nitrogens is 1. The van der Waals surface area contributed by atoms with Gasteiger partial charge in [0.05, 0.1) is 12.7 Å². The van der Waals surface area contributed by atoms with E-state index in [9.17, 15) is 4.79 Å². The second kappa shape index (κ2) is 9.55. The van der Waals surface area contributed by atoms with Crippen LogP contribution >= 0.6 is 11.8 Å². The monoisotopic (exact) mass is 483 g/mol. The van der Waals surface area contributed by atoms with Crippen molar-refractivity contribution in [2.75, 3.05) is 7.11 Å². The van der Waals surface area contributed by atoms with Gasteiger partial charge in [0.25, 0.3) is 5.91 Å². The highest BCUT2D eigenvalue weighted by Gasteiger charge is 2.36. The number of methoxy groups -OCH3 is 1. The standard InChI is InChI=1S/C26H21N5O3S/c1-16-4-3-5-18(12-16)15-34-21-7-6-17(14-22(21)33-2)13-20-23(27)31-26(29-24(20)32)35-25(30-31)19-8-10-28-11-9-19/h3-14,27H,15H2,1-2H3. The van der Waals surface area contributed by atoms with Crippen molar-refractivity contribution in [3.05, 3.63) is 94.8 Å². The van der Waals surface area contributed by atoms with Gasteiger partial charge in [0.2, 0.25) is 5.17 Å². The molecular formula is C26H21N5O3S. The van der Waals surface area contributed by atoms with Crippen molar-refractivity contribution in [1.82, 2.24) is 9.99 Å². The van der Waals surface area contributed by atoms with Crippen LogP contribution in [-0.2, 0) is 11.4 Å². The first-order chi connectivity index (χ1) is 17.0. The summed E-state index contributed by atoms with van der Waals surface area (Å²) >= 11 is 1.25. The number of nitrogens with zero attached hydrogens (tertiary/aromatic N) is 4. The van der Waals surface area contributed by atoms with Crippen LogP contribution < -0.4 is 9.47 Å². The van der Waals surface area contributed by atoms with Gasteiger partial charge in [-0.3, -0.25) is 15.2 Å². The topological polar surface area (TPSA) is 100 Å². The Morgan fingerprint density at radius 2 is 1.91 bits per heavy atom. The molecule has 0 saturated heterocycles. The Bertz CT molecular complexity index is 1420. The van der Waals surface area contributed by atoms with E-state index in [4.69, 9.17) is 14.9 Å². The zero-order valence-corrected chi connectivity index (χ0v) is 19.9. The third-order valence-corrected chi connectivity index (χ3v) is 6.31. The fraction of sp³-hybridized carbons (Fsp3) is 0.115. The minimum Gasteiger partial charge on any atom is -0.493 e. The average Bonchev–Trinajstić information content (AvgIpc) is 3.30. The lowest BCUT2D eigenvalue weighted by Crippen LogP contribution is -2.35. The third-order valence-electron chi connectivity index (χ3n) is 5.36. The van der Waals surface area contributed by atoms with Crippen molar-refractivity contribution < 1.29 is 14.3 Å². The van der Waals surface area contributed by atoms with E-state index in [1.165, 1.54) is 22.3 Å². The number of amides is 1. The second-order valence-electron chi connectivity index (χ2n) is 7.85. The number of nitrogens with one attached hydrogen (secondary N) is 1. The van der Waals surface area contributed by atoms with Crippen LogP contribution in [0.5, 0.6) is 11.5 Å². The summed E-state index contributed by atoms with van der Waals surface area (Å²) in [5, 5.41) is 15.5. The van der Waals surface area contributed by atoms with Gasteiger partial charge in [-0.25, -0.2) is 0 Å². The van der Waals surface area contributed by atoms with Crippen LogP contribution in [0.4, 0.5) is 0 Å². The van der Waals surface area contributed by atoms with E-state index in [2.05, 4.69) is 21.1 Å². The maximum Gasteiger partial charge on any atom is 0.283 e. The van der Waals surface area contributed by atoms with Gasteiger partial charge in [-0.2, -0.15) is 15.1 Å². The van der Waals surface area contributed by atoms with Crippen LogP contribution in [0.3, 0.4) is 0 Å². The Hall–Kier alpha value is -4.24. The molecule has 0 unspecified atom stereocenters. The van der Waals surface area contributed by atoms with Gasteiger partial charge in [-0.1, -0.05) is 35.9 Å². The van der Waals surface area contributed by atoms with E-state index in [1.807, 2.05) is 43.3 Å². The number of hydrogen-bond donors (Lipinski definition) is 1. The minimum absolute atomic E-state index is 0.0321. The highest BCUT2D eigenvalue weighted by atomic mass is 32.2. The maximum absolute atomic E-state index is 12.7. The van der Waals surface area contributed by atoms with Gasteiger partial charge >= 0.3 is 0 Å². The molecule has 2 aliphatic rings. The lowest BCUT2D eigenvalue weighted by molar-refractivity contribution is -0.114. The molecule has 0 fully saturated rings. The molecule has 3 heterocycles. The van der Waals surface area contributed by atoms with E-state index in [1.54, 1.807) is 37.7 Å². The largest absolute Gasteiger partial charge is 0.493 e. The first kappa shape index (κ1) is 22.5. The fourth-order valence-electron chi connectivity index (χ4n) is 3.63. The van der Waals surface area contributed by atoms with Crippen LogP contribution in [0.2, 0.25) is 0 Å². The summed E-state index contributed by atoms with van der Waals surface area (Å²) in [5.41, 5.74) is 3.90. The van der Waals surface area contributed by atoms with Gasteiger partial charge in [-0.05, 0) is 60.2 Å². The first-order valence-electron chi connectivity index (χ1n) is 10.8. The zero-order chi connectivity index (χ0) is 24.4. The predicted octanol–water partition coefficient (Wildman–Crippen LogP) is 4.65. The molecule has 35 heavy (non-hydrogen) atoms. The molecular weight excluding hydrogens is 462 g/mol. The van der Waals surface area contributed by atoms with Gasteiger partial charge in [0.15, 0.2) is 17.3 Å². The molecule has 1 amide bonds. The molecule has 3 aromatic rings. The molecule has 0 radical (unpaired) electrons. The smallest absolute Gasteiger partial charge is 0.283 e.